The number of aromatic nitrogens is 1. The highest BCUT2D eigenvalue weighted by Gasteiger charge is 2.53. The zero-order valence-electron chi connectivity index (χ0n) is 41.4. The van der Waals surface area contributed by atoms with E-state index in [0.29, 0.717) is 0 Å². The minimum Gasteiger partial charge on any atom is -0.456 e. The first kappa shape index (κ1) is 42.5. The molecule has 0 radical (unpaired) electrons. The highest BCUT2D eigenvalue weighted by Crippen LogP contribution is 2.66. The van der Waals surface area contributed by atoms with Gasteiger partial charge in [-0.2, -0.15) is 0 Å². The summed E-state index contributed by atoms with van der Waals surface area (Å²) in [7, 11) is 0. The topological polar surface area (TPSA) is 21.3 Å². The fourth-order valence-electron chi connectivity index (χ4n) is 13.3. The minimum atomic E-state index is -0.605. The standard InChI is InChI=1S/C73H46N2O/c1-4-20-47(21-5-1)49-38-41-65(58(44-49)48-22-6-2-7-23-48)75(68-36-18-30-57-55-28-12-16-33-63(55)73(72(57)68)61-31-14-10-26-53(61)54-27-11-15-32-62(54)73)67-35-19-37-70-71(67)60-46-51(40-43-69(60)76-70)50-39-42-66-59(45-50)56-29-13-17-34-64(56)74(66)52-24-8-3-9-25-52/h1-46H. The molecule has 2 heterocycles. The normalized spacial score (nSPS) is 12.8. The van der Waals surface area contributed by atoms with E-state index in [4.69, 9.17) is 4.42 Å². The van der Waals surface area contributed by atoms with Crippen molar-refractivity contribution in [2.24, 2.45) is 0 Å². The number of hydrogen-bond donors (Lipinski definition) is 0. The lowest BCUT2D eigenvalue weighted by atomic mass is 9.70. The minimum absolute atomic E-state index is 0.605. The maximum atomic E-state index is 6.98. The Morgan fingerprint density at radius 2 is 0.829 bits per heavy atom. The van der Waals surface area contributed by atoms with Gasteiger partial charge in [0, 0.05) is 33.0 Å². The van der Waals surface area contributed by atoms with E-state index in [1.165, 1.54) is 71.9 Å². The van der Waals surface area contributed by atoms with Crippen molar-refractivity contribution < 1.29 is 4.42 Å². The van der Waals surface area contributed by atoms with Crippen LogP contribution in [0.25, 0.3) is 105 Å². The van der Waals surface area contributed by atoms with Crippen molar-refractivity contribution in [3.8, 4) is 61.3 Å². The Kier molecular flexibility index (Phi) is 9.25. The molecule has 12 aromatic carbocycles. The third-order valence-corrected chi connectivity index (χ3v) is 16.4. The summed E-state index contributed by atoms with van der Waals surface area (Å²) in [5, 5.41) is 4.56. The highest BCUT2D eigenvalue weighted by molar-refractivity contribution is 6.16. The van der Waals surface area contributed by atoms with E-state index < -0.39 is 5.41 Å². The van der Waals surface area contributed by atoms with Crippen molar-refractivity contribution in [1.29, 1.82) is 0 Å². The summed E-state index contributed by atoms with van der Waals surface area (Å²) in [6, 6.07) is 103. The summed E-state index contributed by atoms with van der Waals surface area (Å²) < 4.78 is 9.36. The average Bonchev–Trinajstić information content (AvgIpc) is 4.24. The van der Waals surface area contributed by atoms with Gasteiger partial charge in [-0.25, -0.2) is 0 Å². The van der Waals surface area contributed by atoms with Crippen LogP contribution in [0.3, 0.4) is 0 Å². The predicted molar refractivity (Wildman–Crippen MR) is 315 cm³/mol. The van der Waals surface area contributed by atoms with Crippen molar-refractivity contribution in [1.82, 2.24) is 4.57 Å². The van der Waals surface area contributed by atoms with Crippen LogP contribution in [0.2, 0.25) is 0 Å². The fraction of sp³-hybridized carbons (Fsp3) is 0.0137. The van der Waals surface area contributed by atoms with Crippen molar-refractivity contribution in [2.45, 2.75) is 5.41 Å². The van der Waals surface area contributed by atoms with Gasteiger partial charge in [-0.05, 0) is 140 Å². The highest BCUT2D eigenvalue weighted by atomic mass is 16.3. The molecule has 3 nitrogen and oxygen atoms in total. The quantitative estimate of drug-likeness (QED) is 0.159. The molecule has 2 aliphatic carbocycles. The smallest absolute Gasteiger partial charge is 0.137 e. The van der Waals surface area contributed by atoms with Gasteiger partial charge in [-0.15, -0.1) is 0 Å². The molecule has 16 rings (SSSR count). The molecule has 14 aromatic rings. The molecule has 0 aliphatic heterocycles. The lowest BCUT2D eigenvalue weighted by molar-refractivity contribution is 0.669. The third kappa shape index (κ3) is 6.05. The van der Waals surface area contributed by atoms with Gasteiger partial charge in [0.25, 0.3) is 0 Å². The van der Waals surface area contributed by atoms with Gasteiger partial charge in [0.05, 0.1) is 38.9 Å². The number of fused-ring (bicyclic) bond motifs is 16. The summed E-state index contributed by atoms with van der Waals surface area (Å²) in [5.41, 5.74) is 24.9. The Morgan fingerprint density at radius 3 is 1.55 bits per heavy atom. The van der Waals surface area contributed by atoms with Gasteiger partial charge in [-0.3, -0.25) is 0 Å². The van der Waals surface area contributed by atoms with E-state index in [9.17, 15) is 0 Å². The zero-order chi connectivity index (χ0) is 49.9. The number of furan rings is 1. The van der Waals surface area contributed by atoms with Crippen LogP contribution >= 0.6 is 0 Å². The Morgan fingerprint density at radius 1 is 0.303 bits per heavy atom. The number of nitrogens with zero attached hydrogens (tertiary/aromatic N) is 2. The maximum absolute atomic E-state index is 6.98. The molecule has 0 amide bonds. The van der Waals surface area contributed by atoms with Crippen LogP contribution in [0.5, 0.6) is 0 Å². The van der Waals surface area contributed by atoms with Crippen LogP contribution < -0.4 is 4.90 Å². The summed E-state index contributed by atoms with van der Waals surface area (Å²) in [4.78, 5) is 2.57. The van der Waals surface area contributed by atoms with E-state index >= 15 is 0 Å². The second-order valence-corrected chi connectivity index (χ2v) is 20.3. The number of rotatable bonds is 7. The molecular formula is C73H46N2O. The second-order valence-electron chi connectivity index (χ2n) is 20.3. The summed E-state index contributed by atoms with van der Waals surface area (Å²) in [6.45, 7) is 0. The van der Waals surface area contributed by atoms with Gasteiger partial charge < -0.3 is 13.9 Å². The molecule has 2 aliphatic rings. The first-order chi connectivity index (χ1) is 37.7. The zero-order valence-corrected chi connectivity index (χ0v) is 41.4. The first-order valence-corrected chi connectivity index (χ1v) is 26.2. The van der Waals surface area contributed by atoms with E-state index in [2.05, 4.69) is 289 Å². The van der Waals surface area contributed by atoms with Crippen molar-refractivity contribution in [3.63, 3.8) is 0 Å². The van der Waals surface area contributed by atoms with E-state index in [0.717, 1.165) is 72.5 Å². The summed E-state index contributed by atoms with van der Waals surface area (Å²) in [5.74, 6) is 0. The molecule has 0 N–H and O–H groups in total. The van der Waals surface area contributed by atoms with Crippen molar-refractivity contribution in [3.05, 3.63) is 301 Å². The van der Waals surface area contributed by atoms with Crippen molar-refractivity contribution in [2.75, 3.05) is 4.90 Å². The second kappa shape index (κ2) is 16.5. The number of hydrogen-bond acceptors (Lipinski definition) is 2. The van der Waals surface area contributed by atoms with Gasteiger partial charge in [0.1, 0.15) is 11.2 Å². The Bertz CT molecular complexity index is 4580. The average molecular weight is 967 g/mol. The molecule has 0 saturated carbocycles. The SMILES string of the molecule is c1ccc(-c2ccc(N(c3cccc4c3C3(c5ccccc5-c5ccccc53)c3ccccc3-4)c3cccc4oc5ccc(-c6ccc7c(c6)c6ccccc6n7-c6ccccc6)cc5c34)c(-c3ccccc3)c2)cc1. The van der Waals surface area contributed by atoms with Gasteiger partial charge in [-0.1, -0.05) is 206 Å². The Balaban J connectivity index is 0.986. The third-order valence-electron chi connectivity index (χ3n) is 16.4. The van der Waals surface area contributed by atoms with Crippen LogP contribution in [0.15, 0.2) is 283 Å². The monoisotopic (exact) mass is 966 g/mol. The number of para-hydroxylation sites is 2. The number of anilines is 3. The molecule has 2 aromatic heterocycles. The molecule has 1 spiro atoms. The van der Waals surface area contributed by atoms with Crippen LogP contribution in [0.1, 0.15) is 22.3 Å². The first-order valence-electron chi connectivity index (χ1n) is 26.2. The molecule has 354 valence electrons. The largest absolute Gasteiger partial charge is 0.456 e. The molecule has 0 fully saturated rings. The lowest BCUT2D eigenvalue weighted by Crippen LogP contribution is -2.28. The molecule has 3 heteroatoms. The summed E-state index contributed by atoms with van der Waals surface area (Å²) >= 11 is 0. The van der Waals surface area contributed by atoms with Crippen LogP contribution in [0, 0.1) is 0 Å². The molecule has 0 atom stereocenters. The van der Waals surface area contributed by atoms with Gasteiger partial charge in [0.15, 0.2) is 0 Å². The van der Waals surface area contributed by atoms with Crippen LogP contribution in [0.4, 0.5) is 17.1 Å². The van der Waals surface area contributed by atoms with E-state index in [-0.39, 0.29) is 0 Å². The Labute approximate surface area is 440 Å². The van der Waals surface area contributed by atoms with Crippen molar-refractivity contribution >= 4 is 60.8 Å². The van der Waals surface area contributed by atoms with Gasteiger partial charge >= 0.3 is 0 Å². The van der Waals surface area contributed by atoms with Crippen LogP contribution in [-0.2, 0) is 5.41 Å². The maximum Gasteiger partial charge on any atom is 0.137 e. The van der Waals surface area contributed by atoms with E-state index in [1.807, 2.05) is 0 Å². The molecule has 0 bridgehead atoms. The fourth-order valence-corrected chi connectivity index (χ4v) is 13.3. The van der Waals surface area contributed by atoms with Gasteiger partial charge in [0.2, 0.25) is 0 Å². The number of benzene rings is 12. The van der Waals surface area contributed by atoms with E-state index in [1.54, 1.807) is 0 Å². The summed E-state index contributed by atoms with van der Waals surface area (Å²) in [6.07, 6.45) is 0. The molecule has 76 heavy (non-hydrogen) atoms. The lowest BCUT2D eigenvalue weighted by Gasteiger charge is -2.36. The predicted octanol–water partition coefficient (Wildman–Crippen LogP) is 19.5. The Hall–Kier alpha value is -9.96. The molecule has 0 saturated heterocycles. The van der Waals surface area contributed by atoms with Crippen LogP contribution in [-0.4, -0.2) is 4.57 Å². The molecule has 0 unspecified atom stereocenters. The molecular weight excluding hydrogens is 921 g/mol.